The number of ether oxygens (including phenoxy) is 2. The van der Waals surface area contributed by atoms with Gasteiger partial charge in [-0.2, -0.15) is 0 Å². The summed E-state index contributed by atoms with van der Waals surface area (Å²) in [5.41, 5.74) is 4.68. The lowest BCUT2D eigenvalue weighted by Gasteiger charge is -2.05. The van der Waals surface area contributed by atoms with E-state index < -0.39 is 17.7 Å². The van der Waals surface area contributed by atoms with Gasteiger partial charge in [-0.3, -0.25) is 4.79 Å². The standard InChI is InChI=1S/C10H10FNO4/c1-15-9(13)5-16-6-2-3-7(10(12)14)8(11)4-6/h2-4H,5H2,1H3,(H2,12,14). The first-order valence-corrected chi connectivity index (χ1v) is 4.33. The normalized spacial score (nSPS) is 9.62. The summed E-state index contributed by atoms with van der Waals surface area (Å²) < 4.78 is 22.5. The van der Waals surface area contributed by atoms with Crippen LogP contribution in [0, 0.1) is 5.82 Å². The van der Waals surface area contributed by atoms with Crippen LogP contribution in [-0.4, -0.2) is 25.6 Å². The van der Waals surface area contributed by atoms with Crippen molar-refractivity contribution in [3.63, 3.8) is 0 Å². The van der Waals surface area contributed by atoms with Gasteiger partial charge in [0, 0.05) is 6.07 Å². The van der Waals surface area contributed by atoms with Crippen LogP contribution >= 0.6 is 0 Å². The third-order valence-electron chi connectivity index (χ3n) is 1.79. The molecule has 1 aromatic rings. The molecule has 0 aliphatic heterocycles. The fraction of sp³-hybridized carbons (Fsp3) is 0.200. The molecule has 2 N–H and O–H groups in total. The van der Waals surface area contributed by atoms with Gasteiger partial charge in [-0.15, -0.1) is 0 Å². The Morgan fingerprint density at radius 3 is 2.62 bits per heavy atom. The summed E-state index contributed by atoms with van der Waals surface area (Å²) in [6.45, 7) is -0.328. The van der Waals surface area contributed by atoms with Crippen LogP contribution in [0.2, 0.25) is 0 Å². The lowest BCUT2D eigenvalue weighted by Crippen LogP contribution is -2.14. The van der Waals surface area contributed by atoms with Crippen molar-refractivity contribution in [3.8, 4) is 5.75 Å². The van der Waals surface area contributed by atoms with Crippen molar-refractivity contribution in [3.05, 3.63) is 29.6 Å². The Morgan fingerprint density at radius 1 is 1.44 bits per heavy atom. The van der Waals surface area contributed by atoms with Crippen molar-refractivity contribution in [2.24, 2.45) is 5.73 Å². The molecule has 1 aromatic carbocycles. The molecule has 0 fully saturated rings. The summed E-state index contributed by atoms with van der Waals surface area (Å²) in [6.07, 6.45) is 0. The molecule has 0 aliphatic rings. The Labute approximate surface area is 90.9 Å². The van der Waals surface area contributed by atoms with Gasteiger partial charge < -0.3 is 15.2 Å². The van der Waals surface area contributed by atoms with Gasteiger partial charge in [-0.1, -0.05) is 0 Å². The van der Waals surface area contributed by atoms with Gasteiger partial charge in [0.05, 0.1) is 12.7 Å². The third kappa shape index (κ3) is 2.94. The summed E-state index contributed by atoms with van der Waals surface area (Å²) in [5, 5.41) is 0. The SMILES string of the molecule is COC(=O)COc1ccc(C(N)=O)c(F)c1. The summed E-state index contributed by atoms with van der Waals surface area (Å²) in [7, 11) is 1.21. The minimum Gasteiger partial charge on any atom is -0.482 e. The number of esters is 1. The lowest BCUT2D eigenvalue weighted by atomic mass is 10.2. The maximum Gasteiger partial charge on any atom is 0.343 e. The van der Waals surface area contributed by atoms with E-state index in [1.165, 1.54) is 19.2 Å². The van der Waals surface area contributed by atoms with Gasteiger partial charge in [0.1, 0.15) is 11.6 Å². The largest absolute Gasteiger partial charge is 0.482 e. The van der Waals surface area contributed by atoms with Crippen LogP contribution in [0.3, 0.4) is 0 Å². The highest BCUT2D eigenvalue weighted by Crippen LogP contribution is 2.16. The van der Waals surface area contributed by atoms with Crippen molar-refractivity contribution >= 4 is 11.9 Å². The maximum absolute atomic E-state index is 13.2. The molecular weight excluding hydrogens is 217 g/mol. The summed E-state index contributed by atoms with van der Waals surface area (Å²) in [4.78, 5) is 21.4. The Balaban J connectivity index is 2.74. The lowest BCUT2D eigenvalue weighted by molar-refractivity contribution is -0.142. The van der Waals surface area contributed by atoms with Gasteiger partial charge in [-0.05, 0) is 12.1 Å². The summed E-state index contributed by atoms with van der Waals surface area (Å²) >= 11 is 0. The van der Waals surface area contributed by atoms with Gasteiger partial charge in [0.2, 0.25) is 0 Å². The van der Waals surface area contributed by atoms with E-state index in [2.05, 4.69) is 4.74 Å². The first-order chi connectivity index (χ1) is 7.54. The fourth-order valence-electron chi connectivity index (χ4n) is 0.987. The van der Waals surface area contributed by atoms with Crippen LogP contribution in [-0.2, 0) is 9.53 Å². The van der Waals surface area contributed by atoms with Crippen LogP contribution in [0.15, 0.2) is 18.2 Å². The number of hydrogen-bond donors (Lipinski definition) is 1. The molecule has 1 amide bonds. The van der Waals surface area contributed by atoms with E-state index in [0.717, 1.165) is 6.07 Å². The molecular formula is C10H10FNO4. The van der Waals surface area contributed by atoms with Crippen molar-refractivity contribution in [1.29, 1.82) is 0 Å². The Bertz CT molecular complexity index is 419. The number of nitrogens with two attached hydrogens (primary N) is 1. The second kappa shape index (κ2) is 5.11. The van der Waals surface area contributed by atoms with E-state index in [0.29, 0.717) is 0 Å². The topological polar surface area (TPSA) is 78.6 Å². The Morgan fingerprint density at radius 2 is 2.12 bits per heavy atom. The molecule has 0 radical (unpaired) electrons. The molecule has 0 bridgehead atoms. The monoisotopic (exact) mass is 227 g/mol. The number of benzene rings is 1. The molecule has 0 aliphatic carbocycles. The van der Waals surface area contributed by atoms with Crippen LogP contribution in [0.4, 0.5) is 4.39 Å². The van der Waals surface area contributed by atoms with E-state index in [-0.39, 0.29) is 17.9 Å². The summed E-state index contributed by atoms with van der Waals surface area (Å²) in [6, 6.07) is 3.50. The number of primary amides is 1. The Kier molecular flexibility index (Phi) is 3.82. The van der Waals surface area contributed by atoms with Crippen LogP contribution in [0.25, 0.3) is 0 Å². The van der Waals surface area contributed by atoms with Gasteiger partial charge >= 0.3 is 5.97 Å². The average Bonchev–Trinajstić information content (AvgIpc) is 2.25. The predicted molar refractivity (Wildman–Crippen MR) is 52.4 cm³/mol. The van der Waals surface area contributed by atoms with Crippen LogP contribution in [0.5, 0.6) is 5.75 Å². The molecule has 16 heavy (non-hydrogen) atoms. The van der Waals surface area contributed by atoms with Crippen molar-refractivity contribution in [1.82, 2.24) is 0 Å². The molecule has 0 aromatic heterocycles. The van der Waals surface area contributed by atoms with E-state index in [1.54, 1.807) is 0 Å². The number of carbonyl (C=O) groups is 2. The smallest absolute Gasteiger partial charge is 0.343 e. The quantitative estimate of drug-likeness (QED) is 0.758. The molecule has 5 nitrogen and oxygen atoms in total. The van der Waals surface area contributed by atoms with Crippen LogP contribution in [0.1, 0.15) is 10.4 Å². The highest BCUT2D eigenvalue weighted by atomic mass is 19.1. The second-order valence-electron chi connectivity index (χ2n) is 2.87. The molecule has 6 heteroatoms. The zero-order valence-corrected chi connectivity index (χ0v) is 8.53. The highest BCUT2D eigenvalue weighted by molar-refractivity contribution is 5.93. The van der Waals surface area contributed by atoms with Crippen molar-refractivity contribution < 1.29 is 23.5 Å². The molecule has 1 rings (SSSR count). The van der Waals surface area contributed by atoms with E-state index in [9.17, 15) is 14.0 Å². The number of carbonyl (C=O) groups excluding carboxylic acids is 2. The first-order valence-electron chi connectivity index (χ1n) is 4.33. The van der Waals surface area contributed by atoms with E-state index in [1.807, 2.05) is 0 Å². The molecule has 0 unspecified atom stereocenters. The zero-order chi connectivity index (χ0) is 12.1. The molecule has 0 heterocycles. The third-order valence-corrected chi connectivity index (χ3v) is 1.79. The second-order valence-corrected chi connectivity index (χ2v) is 2.87. The highest BCUT2D eigenvalue weighted by Gasteiger charge is 2.10. The van der Waals surface area contributed by atoms with Gasteiger partial charge in [0.15, 0.2) is 6.61 Å². The maximum atomic E-state index is 13.2. The van der Waals surface area contributed by atoms with Crippen LogP contribution < -0.4 is 10.5 Å². The predicted octanol–water partition coefficient (Wildman–Crippen LogP) is 0.476. The number of methoxy groups -OCH3 is 1. The minimum absolute atomic E-state index is 0.118. The van der Waals surface area contributed by atoms with E-state index in [4.69, 9.17) is 10.5 Å². The molecule has 0 spiro atoms. The molecule has 0 saturated heterocycles. The molecule has 0 atom stereocenters. The summed E-state index contributed by atoms with van der Waals surface area (Å²) in [5.74, 6) is -2.13. The molecule has 0 saturated carbocycles. The Hall–Kier alpha value is -2.11. The van der Waals surface area contributed by atoms with Crippen molar-refractivity contribution in [2.75, 3.05) is 13.7 Å². The number of amides is 1. The van der Waals surface area contributed by atoms with Gasteiger partial charge in [-0.25, -0.2) is 9.18 Å². The molecule has 86 valence electrons. The first kappa shape index (κ1) is 12.0. The number of halogens is 1. The van der Waals surface area contributed by atoms with Crippen molar-refractivity contribution in [2.45, 2.75) is 0 Å². The average molecular weight is 227 g/mol. The van der Waals surface area contributed by atoms with E-state index >= 15 is 0 Å². The number of hydrogen-bond acceptors (Lipinski definition) is 4. The minimum atomic E-state index is -0.864. The fourth-order valence-corrected chi connectivity index (χ4v) is 0.987. The number of rotatable bonds is 4. The van der Waals surface area contributed by atoms with Gasteiger partial charge in [0.25, 0.3) is 5.91 Å². The zero-order valence-electron chi connectivity index (χ0n) is 8.53.